The summed E-state index contributed by atoms with van der Waals surface area (Å²) < 4.78 is 12.2. The average molecular weight is 313 g/mol. The van der Waals surface area contributed by atoms with Crippen LogP contribution >= 0.6 is 15.9 Å². The first-order valence-corrected chi connectivity index (χ1v) is 7.30. The minimum atomic E-state index is -0.397. The molecule has 0 aromatic heterocycles. The van der Waals surface area contributed by atoms with Crippen LogP contribution in [0.4, 0.5) is 0 Å². The van der Waals surface area contributed by atoms with E-state index >= 15 is 0 Å². The van der Waals surface area contributed by atoms with E-state index in [-0.39, 0.29) is 0 Å². The zero-order chi connectivity index (χ0) is 12.5. The highest BCUT2D eigenvalue weighted by Gasteiger charge is 2.26. The first-order valence-electron chi connectivity index (χ1n) is 6.51. The quantitative estimate of drug-likeness (QED) is 0.929. The highest BCUT2D eigenvalue weighted by molar-refractivity contribution is 9.10. The predicted molar refractivity (Wildman–Crippen MR) is 72.0 cm³/mol. The lowest BCUT2D eigenvalue weighted by Crippen LogP contribution is -2.01. The summed E-state index contributed by atoms with van der Waals surface area (Å²) in [4.78, 5) is 0. The maximum atomic E-state index is 10.2. The van der Waals surface area contributed by atoms with Gasteiger partial charge in [0, 0.05) is 6.42 Å². The van der Waals surface area contributed by atoms with Crippen LogP contribution in [0.2, 0.25) is 0 Å². The molecule has 1 aromatic carbocycles. The zero-order valence-corrected chi connectivity index (χ0v) is 11.8. The summed E-state index contributed by atoms with van der Waals surface area (Å²) in [5, 5.41) is 10.2. The zero-order valence-electron chi connectivity index (χ0n) is 10.2. The SMILES string of the molecule is OC(CC1CC1)c1cc(Br)c2c(c1)OCCCO2. The molecule has 0 bridgehead atoms. The van der Waals surface area contributed by atoms with Gasteiger partial charge in [0.2, 0.25) is 0 Å². The fourth-order valence-electron chi connectivity index (χ4n) is 2.25. The van der Waals surface area contributed by atoms with Crippen LogP contribution in [0.5, 0.6) is 11.5 Å². The lowest BCUT2D eigenvalue weighted by Gasteiger charge is -2.15. The number of halogens is 1. The smallest absolute Gasteiger partial charge is 0.175 e. The minimum Gasteiger partial charge on any atom is -0.490 e. The Bertz CT molecular complexity index is 443. The van der Waals surface area contributed by atoms with Crippen molar-refractivity contribution < 1.29 is 14.6 Å². The number of hydrogen-bond donors (Lipinski definition) is 1. The Morgan fingerprint density at radius 2 is 2.06 bits per heavy atom. The molecule has 0 saturated heterocycles. The van der Waals surface area contributed by atoms with Crippen LogP contribution in [0.25, 0.3) is 0 Å². The summed E-state index contributed by atoms with van der Waals surface area (Å²) in [6.45, 7) is 1.34. The molecule has 1 heterocycles. The van der Waals surface area contributed by atoms with Crippen molar-refractivity contribution in [2.75, 3.05) is 13.2 Å². The van der Waals surface area contributed by atoms with Gasteiger partial charge in [-0.2, -0.15) is 0 Å². The van der Waals surface area contributed by atoms with Gasteiger partial charge in [-0.3, -0.25) is 0 Å². The molecular weight excluding hydrogens is 296 g/mol. The van der Waals surface area contributed by atoms with Crippen LogP contribution in [0, 0.1) is 5.92 Å². The van der Waals surface area contributed by atoms with Gasteiger partial charge in [-0.15, -0.1) is 0 Å². The topological polar surface area (TPSA) is 38.7 Å². The van der Waals surface area contributed by atoms with E-state index in [1.165, 1.54) is 12.8 Å². The van der Waals surface area contributed by atoms with Crippen molar-refractivity contribution in [2.24, 2.45) is 5.92 Å². The molecule has 1 aliphatic carbocycles. The van der Waals surface area contributed by atoms with Crippen molar-refractivity contribution >= 4 is 15.9 Å². The highest BCUT2D eigenvalue weighted by atomic mass is 79.9. The van der Waals surface area contributed by atoms with Crippen molar-refractivity contribution in [3.05, 3.63) is 22.2 Å². The number of hydrogen-bond acceptors (Lipinski definition) is 3. The molecule has 3 rings (SSSR count). The molecule has 18 heavy (non-hydrogen) atoms. The molecule has 1 atom stereocenters. The second-order valence-electron chi connectivity index (χ2n) is 5.08. The van der Waals surface area contributed by atoms with Crippen molar-refractivity contribution in [1.29, 1.82) is 0 Å². The summed E-state index contributed by atoms with van der Waals surface area (Å²) in [5.74, 6) is 2.20. The molecule has 2 aliphatic rings. The van der Waals surface area contributed by atoms with Crippen molar-refractivity contribution in [2.45, 2.75) is 31.8 Å². The lowest BCUT2D eigenvalue weighted by molar-refractivity contribution is 0.159. The predicted octanol–water partition coefficient (Wildman–Crippen LogP) is 3.44. The molecule has 0 radical (unpaired) electrons. The van der Waals surface area contributed by atoms with E-state index in [0.717, 1.165) is 34.4 Å². The third-order valence-corrected chi connectivity index (χ3v) is 4.05. The van der Waals surface area contributed by atoms with Gasteiger partial charge in [-0.1, -0.05) is 12.8 Å². The molecule has 1 saturated carbocycles. The molecule has 1 N–H and O–H groups in total. The van der Waals surface area contributed by atoms with E-state index in [1.54, 1.807) is 0 Å². The summed E-state index contributed by atoms with van der Waals surface area (Å²) in [6.07, 6.45) is 3.85. The number of aliphatic hydroxyl groups excluding tert-OH is 1. The highest BCUT2D eigenvalue weighted by Crippen LogP contribution is 2.42. The van der Waals surface area contributed by atoms with Crippen LogP contribution in [-0.4, -0.2) is 18.3 Å². The van der Waals surface area contributed by atoms with Crippen molar-refractivity contribution in [3.8, 4) is 11.5 Å². The lowest BCUT2D eigenvalue weighted by atomic mass is 10.0. The molecular formula is C14H17BrO3. The van der Waals surface area contributed by atoms with Gasteiger partial charge < -0.3 is 14.6 Å². The third kappa shape index (κ3) is 2.64. The fraction of sp³-hybridized carbons (Fsp3) is 0.571. The molecule has 1 aliphatic heterocycles. The fourth-order valence-corrected chi connectivity index (χ4v) is 2.82. The van der Waals surface area contributed by atoms with Crippen LogP contribution in [0.1, 0.15) is 37.4 Å². The number of rotatable bonds is 3. The number of benzene rings is 1. The normalized spacial score (nSPS) is 20.3. The number of aliphatic hydroxyl groups is 1. The second kappa shape index (κ2) is 5.10. The Morgan fingerprint density at radius 3 is 2.83 bits per heavy atom. The van der Waals surface area contributed by atoms with Crippen LogP contribution in [0.3, 0.4) is 0 Å². The molecule has 3 nitrogen and oxygen atoms in total. The van der Waals surface area contributed by atoms with E-state index in [9.17, 15) is 5.11 Å². The van der Waals surface area contributed by atoms with Crippen molar-refractivity contribution in [1.82, 2.24) is 0 Å². The summed E-state index contributed by atoms with van der Waals surface area (Å²) >= 11 is 3.50. The van der Waals surface area contributed by atoms with E-state index in [1.807, 2.05) is 12.1 Å². The molecule has 1 unspecified atom stereocenters. The molecule has 0 spiro atoms. The van der Waals surface area contributed by atoms with Crippen molar-refractivity contribution in [3.63, 3.8) is 0 Å². The van der Waals surface area contributed by atoms with Crippen LogP contribution in [0.15, 0.2) is 16.6 Å². The van der Waals surface area contributed by atoms with Gasteiger partial charge in [0.15, 0.2) is 11.5 Å². The van der Waals surface area contributed by atoms with Crippen LogP contribution < -0.4 is 9.47 Å². The maximum Gasteiger partial charge on any atom is 0.175 e. The Labute approximate surface area is 115 Å². The number of fused-ring (bicyclic) bond motifs is 1. The van der Waals surface area contributed by atoms with E-state index in [4.69, 9.17) is 9.47 Å². The summed E-state index contributed by atoms with van der Waals surface area (Å²) in [6, 6.07) is 3.86. The molecule has 1 aromatic rings. The van der Waals surface area contributed by atoms with Gasteiger partial charge in [0.1, 0.15) is 0 Å². The first kappa shape index (κ1) is 12.3. The number of ether oxygens (including phenoxy) is 2. The van der Waals surface area contributed by atoms with E-state index in [2.05, 4.69) is 15.9 Å². The van der Waals surface area contributed by atoms with Gasteiger partial charge in [-0.25, -0.2) is 0 Å². The Balaban J connectivity index is 1.86. The molecule has 1 fully saturated rings. The minimum absolute atomic E-state index is 0.397. The van der Waals surface area contributed by atoms with Gasteiger partial charge >= 0.3 is 0 Å². The third-order valence-electron chi connectivity index (χ3n) is 3.46. The molecule has 0 amide bonds. The van der Waals surface area contributed by atoms with Gasteiger partial charge in [-0.05, 0) is 46.0 Å². The Morgan fingerprint density at radius 1 is 1.28 bits per heavy atom. The monoisotopic (exact) mass is 312 g/mol. The standard InChI is InChI=1S/C14H17BrO3/c15-11-7-10(12(16)6-9-2-3-9)8-13-14(11)18-5-1-4-17-13/h7-9,12,16H,1-6H2. The molecule has 4 heteroatoms. The van der Waals surface area contributed by atoms with E-state index < -0.39 is 6.10 Å². The average Bonchev–Trinajstić information content (AvgIpc) is 3.14. The van der Waals surface area contributed by atoms with Gasteiger partial charge in [0.25, 0.3) is 0 Å². The first-order chi connectivity index (χ1) is 8.74. The van der Waals surface area contributed by atoms with E-state index in [0.29, 0.717) is 19.1 Å². The maximum absolute atomic E-state index is 10.2. The Kier molecular flexibility index (Phi) is 3.48. The Hall–Kier alpha value is -0.740. The van der Waals surface area contributed by atoms with Gasteiger partial charge in [0.05, 0.1) is 23.8 Å². The summed E-state index contributed by atoms with van der Waals surface area (Å²) in [7, 11) is 0. The second-order valence-corrected chi connectivity index (χ2v) is 5.93. The molecule has 98 valence electrons. The summed E-state index contributed by atoms with van der Waals surface area (Å²) in [5.41, 5.74) is 0.915. The van der Waals surface area contributed by atoms with Crippen LogP contribution in [-0.2, 0) is 0 Å². The largest absolute Gasteiger partial charge is 0.490 e.